The lowest BCUT2D eigenvalue weighted by molar-refractivity contribution is -0.122. The van der Waals surface area contributed by atoms with Gasteiger partial charge in [0.25, 0.3) is 0 Å². The van der Waals surface area contributed by atoms with E-state index < -0.39 is 17.7 Å². The molecule has 0 saturated heterocycles. The Balaban J connectivity index is 2.03. The number of likely N-dealkylation sites (N-methyl/N-ethyl adjacent to an activating group) is 1. The van der Waals surface area contributed by atoms with Crippen LogP contribution in [0, 0.1) is 11.6 Å². The van der Waals surface area contributed by atoms with Gasteiger partial charge in [0, 0.05) is 29.8 Å². The molecule has 8 heteroatoms. The molecule has 0 heterocycles. The number of amides is 1. The third kappa shape index (κ3) is 5.57. The smallest absolute Gasteiger partial charge is 0.234 e. The van der Waals surface area contributed by atoms with Crippen LogP contribution < -0.4 is 19.5 Å². The van der Waals surface area contributed by atoms with Crippen molar-refractivity contribution in [1.82, 2.24) is 10.2 Å². The molecule has 2 aromatic rings. The second-order valence-corrected chi connectivity index (χ2v) is 6.55. The molecule has 1 amide bonds. The Hall–Kier alpha value is -2.87. The molecule has 1 atom stereocenters. The van der Waals surface area contributed by atoms with Gasteiger partial charge in [-0.1, -0.05) is 0 Å². The highest BCUT2D eigenvalue weighted by Gasteiger charge is 2.19. The molecule has 0 aliphatic rings. The summed E-state index contributed by atoms with van der Waals surface area (Å²) in [6, 6.07) is 6.22. The molecular formula is C21H26F2N2O4. The van der Waals surface area contributed by atoms with Crippen molar-refractivity contribution in [1.29, 1.82) is 0 Å². The Labute approximate surface area is 169 Å². The minimum Gasteiger partial charge on any atom is -0.496 e. The summed E-state index contributed by atoms with van der Waals surface area (Å²) >= 11 is 0. The van der Waals surface area contributed by atoms with E-state index >= 15 is 0 Å². The number of benzene rings is 2. The Morgan fingerprint density at radius 3 is 2.28 bits per heavy atom. The van der Waals surface area contributed by atoms with Crippen molar-refractivity contribution in [2.75, 3.05) is 34.9 Å². The van der Waals surface area contributed by atoms with Crippen LogP contribution in [0.1, 0.15) is 24.1 Å². The summed E-state index contributed by atoms with van der Waals surface area (Å²) in [4.78, 5) is 14.0. The Kier molecular flexibility index (Phi) is 7.78. The third-order valence-corrected chi connectivity index (χ3v) is 4.72. The predicted molar refractivity (Wildman–Crippen MR) is 105 cm³/mol. The average molecular weight is 408 g/mol. The van der Waals surface area contributed by atoms with Gasteiger partial charge < -0.3 is 19.5 Å². The molecule has 6 nitrogen and oxygen atoms in total. The zero-order chi connectivity index (χ0) is 21.6. The van der Waals surface area contributed by atoms with Gasteiger partial charge >= 0.3 is 0 Å². The molecule has 0 spiro atoms. The molecule has 0 saturated carbocycles. The van der Waals surface area contributed by atoms with Crippen LogP contribution >= 0.6 is 0 Å². The summed E-state index contributed by atoms with van der Waals surface area (Å²) in [6.07, 6.45) is 0. The number of carbonyl (C=O) groups excluding carboxylic acids is 1. The molecule has 0 bridgehead atoms. The number of hydrogen-bond donors (Lipinski definition) is 1. The van der Waals surface area contributed by atoms with E-state index in [2.05, 4.69) is 5.32 Å². The van der Waals surface area contributed by atoms with E-state index in [1.165, 1.54) is 21.3 Å². The fraction of sp³-hybridized carbons (Fsp3) is 0.381. The van der Waals surface area contributed by atoms with Crippen molar-refractivity contribution in [3.05, 3.63) is 53.1 Å². The van der Waals surface area contributed by atoms with Crippen LogP contribution in [0.5, 0.6) is 17.2 Å². The van der Waals surface area contributed by atoms with Gasteiger partial charge in [-0.15, -0.1) is 0 Å². The van der Waals surface area contributed by atoms with Crippen LogP contribution in [0.15, 0.2) is 30.3 Å². The predicted octanol–water partition coefficient (Wildman–Crippen LogP) is 3.30. The molecule has 1 N–H and O–H groups in total. The maximum absolute atomic E-state index is 14.0. The minimum atomic E-state index is -0.522. The zero-order valence-electron chi connectivity index (χ0n) is 17.2. The van der Waals surface area contributed by atoms with Gasteiger partial charge in [-0.05, 0) is 38.2 Å². The number of methoxy groups -OCH3 is 3. The summed E-state index contributed by atoms with van der Waals surface area (Å²) in [6.45, 7) is 1.92. The van der Waals surface area contributed by atoms with Gasteiger partial charge in [0.2, 0.25) is 5.91 Å². The number of halogens is 2. The van der Waals surface area contributed by atoms with E-state index in [0.29, 0.717) is 22.8 Å². The lowest BCUT2D eigenvalue weighted by Gasteiger charge is -2.25. The van der Waals surface area contributed by atoms with Gasteiger partial charge in [-0.3, -0.25) is 9.69 Å². The first-order valence-electron chi connectivity index (χ1n) is 9.01. The van der Waals surface area contributed by atoms with Gasteiger partial charge in [-0.25, -0.2) is 8.78 Å². The molecule has 0 aliphatic carbocycles. The minimum absolute atomic E-state index is 0.00667. The summed E-state index contributed by atoms with van der Waals surface area (Å²) in [5.41, 5.74) is 0.909. The number of nitrogens with one attached hydrogen (secondary N) is 1. The summed E-state index contributed by atoms with van der Waals surface area (Å²) < 4.78 is 43.3. The van der Waals surface area contributed by atoms with E-state index in [-0.39, 0.29) is 24.6 Å². The van der Waals surface area contributed by atoms with Gasteiger partial charge in [0.1, 0.15) is 17.4 Å². The van der Waals surface area contributed by atoms with Crippen molar-refractivity contribution >= 4 is 5.91 Å². The van der Waals surface area contributed by atoms with Crippen LogP contribution in [0.25, 0.3) is 0 Å². The van der Waals surface area contributed by atoms with Crippen molar-refractivity contribution in [2.24, 2.45) is 0 Å². The molecule has 0 aromatic heterocycles. The monoisotopic (exact) mass is 408 g/mol. The van der Waals surface area contributed by atoms with E-state index in [1.807, 2.05) is 0 Å². The number of nitrogens with zero attached hydrogens (tertiary/aromatic N) is 1. The summed E-state index contributed by atoms with van der Waals surface area (Å²) in [5.74, 6) is 0.280. The van der Waals surface area contributed by atoms with E-state index in [1.54, 1.807) is 31.0 Å². The third-order valence-electron chi connectivity index (χ3n) is 4.72. The van der Waals surface area contributed by atoms with Crippen LogP contribution in [0.4, 0.5) is 8.78 Å². The topological polar surface area (TPSA) is 60.0 Å². The lowest BCUT2D eigenvalue weighted by Crippen LogP contribution is -2.36. The summed E-state index contributed by atoms with van der Waals surface area (Å²) in [7, 11) is 6.24. The highest BCUT2D eigenvalue weighted by atomic mass is 19.1. The van der Waals surface area contributed by atoms with Crippen LogP contribution in [-0.2, 0) is 11.3 Å². The second-order valence-electron chi connectivity index (χ2n) is 6.55. The van der Waals surface area contributed by atoms with Crippen molar-refractivity contribution in [3.8, 4) is 17.2 Å². The quantitative estimate of drug-likeness (QED) is 0.690. The first-order valence-corrected chi connectivity index (χ1v) is 9.01. The number of ether oxygens (including phenoxy) is 3. The normalized spacial score (nSPS) is 11.9. The molecule has 0 fully saturated rings. The van der Waals surface area contributed by atoms with E-state index in [9.17, 15) is 13.6 Å². The first-order chi connectivity index (χ1) is 13.8. The molecule has 29 heavy (non-hydrogen) atoms. The largest absolute Gasteiger partial charge is 0.496 e. The standard InChI is InChI=1S/C21H26F2N2O4/c1-13(16-9-15(22)6-7-17(16)23)25(2)12-21(26)24-11-14-8-19(28-4)20(29-5)10-18(14)27-3/h6-10,13H,11-12H2,1-5H3,(H,24,26). The molecule has 0 aliphatic heterocycles. The Bertz CT molecular complexity index is 861. The second kappa shape index (κ2) is 10.1. The maximum atomic E-state index is 14.0. The molecule has 158 valence electrons. The molecule has 2 rings (SSSR count). The fourth-order valence-electron chi connectivity index (χ4n) is 2.92. The first kappa shape index (κ1) is 22.4. The molecule has 1 unspecified atom stereocenters. The summed E-state index contributed by atoms with van der Waals surface area (Å²) in [5, 5.41) is 2.80. The van der Waals surface area contributed by atoms with Gasteiger partial charge in [-0.2, -0.15) is 0 Å². The number of rotatable bonds is 9. The molecular weight excluding hydrogens is 382 g/mol. The van der Waals surface area contributed by atoms with Crippen LogP contribution in [0.3, 0.4) is 0 Å². The highest BCUT2D eigenvalue weighted by molar-refractivity contribution is 5.78. The van der Waals surface area contributed by atoms with E-state index in [4.69, 9.17) is 14.2 Å². The SMILES string of the molecule is COc1cc(OC)c(OC)cc1CNC(=O)CN(C)C(C)c1cc(F)ccc1F. The van der Waals surface area contributed by atoms with Gasteiger partial charge in [0.05, 0.1) is 27.9 Å². The molecule has 2 aromatic carbocycles. The van der Waals surface area contributed by atoms with Crippen molar-refractivity contribution in [2.45, 2.75) is 19.5 Å². The van der Waals surface area contributed by atoms with Crippen molar-refractivity contribution < 1.29 is 27.8 Å². The van der Waals surface area contributed by atoms with E-state index in [0.717, 1.165) is 18.2 Å². The maximum Gasteiger partial charge on any atom is 0.234 e. The van der Waals surface area contributed by atoms with Gasteiger partial charge in [0.15, 0.2) is 11.5 Å². The van der Waals surface area contributed by atoms with Crippen molar-refractivity contribution in [3.63, 3.8) is 0 Å². The lowest BCUT2D eigenvalue weighted by atomic mass is 10.1. The molecule has 0 radical (unpaired) electrons. The zero-order valence-corrected chi connectivity index (χ0v) is 17.2. The van der Waals surface area contributed by atoms with Crippen LogP contribution in [0.2, 0.25) is 0 Å². The Morgan fingerprint density at radius 1 is 1.03 bits per heavy atom. The van der Waals surface area contributed by atoms with Crippen LogP contribution in [-0.4, -0.2) is 45.7 Å². The fourth-order valence-corrected chi connectivity index (χ4v) is 2.92. The highest BCUT2D eigenvalue weighted by Crippen LogP contribution is 2.34. The Morgan fingerprint density at radius 2 is 1.66 bits per heavy atom. The number of carbonyl (C=O) groups is 1. The average Bonchev–Trinajstić information content (AvgIpc) is 2.72. The number of hydrogen-bond acceptors (Lipinski definition) is 5.